The smallest absolute Gasteiger partial charge is 0.416 e. The fraction of sp³-hybridized carbons (Fsp3) is 0.579. The Kier molecular flexibility index (Phi) is 9.45. The molecule has 0 aliphatic rings. The molecule has 164 valence electrons. The molecular formula is C19H23F6NO3. The van der Waals surface area contributed by atoms with Gasteiger partial charge in [-0.1, -0.05) is 19.8 Å². The van der Waals surface area contributed by atoms with Crippen LogP contribution in [0.3, 0.4) is 0 Å². The Morgan fingerprint density at radius 2 is 1.48 bits per heavy atom. The number of amides is 1. The van der Waals surface area contributed by atoms with E-state index in [4.69, 9.17) is 4.74 Å². The minimum Gasteiger partial charge on any atom is -0.466 e. The van der Waals surface area contributed by atoms with Crippen LogP contribution < -0.4 is 5.32 Å². The number of hydrogen-bond donors (Lipinski definition) is 1. The average Bonchev–Trinajstić information content (AvgIpc) is 2.62. The van der Waals surface area contributed by atoms with Crippen molar-refractivity contribution in [3.63, 3.8) is 0 Å². The summed E-state index contributed by atoms with van der Waals surface area (Å²) in [4.78, 5) is 23.2. The first kappa shape index (κ1) is 24.8. The lowest BCUT2D eigenvalue weighted by atomic mass is 10.0. The molecule has 0 radical (unpaired) electrons. The molecule has 0 atom stereocenters. The Bertz CT molecular complexity index is 653. The Hall–Kier alpha value is -2.26. The molecule has 1 rings (SSSR count). The minimum atomic E-state index is -4.95. The van der Waals surface area contributed by atoms with E-state index < -0.39 is 41.9 Å². The summed E-state index contributed by atoms with van der Waals surface area (Å²) in [5.41, 5.74) is -3.21. The van der Waals surface area contributed by atoms with Crippen LogP contribution in [0.25, 0.3) is 0 Å². The van der Waals surface area contributed by atoms with E-state index in [-0.39, 0.29) is 30.9 Å². The van der Waals surface area contributed by atoms with Crippen LogP contribution in [0.5, 0.6) is 0 Å². The predicted octanol–water partition coefficient (Wildman–Crippen LogP) is 5.24. The van der Waals surface area contributed by atoms with Gasteiger partial charge in [0.25, 0.3) is 0 Å². The van der Waals surface area contributed by atoms with Crippen molar-refractivity contribution in [1.82, 2.24) is 5.32 Å². The molecule has 0 saturated heterocycles. The van der Waals surface area contributed by atoms with Crippen molar-refractivity contribution in [2.24, 2.45) is 0 Å². The van der Waals surface area contributed by atoms with Gasteiger partial charge in [0.15, 0.2) is 0 Å². The molecule has 4 nitrogen and oxygen atoms in total. The molecule has 0 heterocycles. The molecule has 0 aliphatic heterocycles. The molecule has 0 unspecified atom stereocenters. The number of ether oxygens (including phenoxy) is 1. The van der Waals surface area contributed by atoms with Crippen LogP contribution in [0, 0.1) is 0 Å². The number of carbonyl (C=O) groups excluding carboxylic acids is 2. The van der Waals surface area contributed by atoms with E-state index in [0.29, 0.717) is 18.7 Å². The first-order chi connectivity index (χ1) is 13.4. The molecule has 0 fully saturated rings. The largest absolute Gasteiger partial charge is 0.466 e. The van der Waals surface area contributed by atoms with E-state index in [1.165, 1.54) is 0 Å². The number of rotatable bonds is 10. The van der Waals surface area contributed by atoms with E-state index in [1.807, 2.05) is 6.92 Å². The maximum absolute atomic E-state index is 12.8. The van der Waals surface area contributed by atoms with Gasteiger partial charge in [0.05, 0.1) is 17.7 Å². The highest BCUT2D eigenvalue weighted by Crippen LogP contribution is 2.36. The van der Waals surface area contributed by atoms with Crippen LogP contribution in [0.4, 0.5) is 26.3 Å². The highest BCUT2D eigenvalue weighted by atomic mass is 19.4. The molecule has 0 aromatic heterocycles. The molecule has 1 amide bonds. The maximum Gasteiger partial charge on any atom is 0.416 e. The number of benzene rings is 1. The standard InChI is InChI=1S/C19H23F6NO3/c1-2-3-4-8-29-17(28)7-5-6-16(27)26-12-13-9-14(18(20,21)22)11-15(10-13)19(23,24)25/h9-11H,2-8,12H2,1H3,(H,26,27). The van der Waals surface area contributed by atoms with Crippen LogP contribution in [-0.4, -0.2) is 18.5 Å². The normalized spacial score (nSPS) is 12.0. The first-order valence-electron chi connectivity index (χ1n) is 9.14. The zero-order valence-corrected chi connectivity index (χ0v) is 15.9. The van der Waals surface area contributed by atoms with Gasteiger partial charge < -0.3 is 10.1 Å². The summed E-state index contributed by atoms with van der Waals surface area (Å²) in [5.74, 6) is -1.05. The molecule has 10 heteroatoms. The Morgan fingerprint density at radius 3 is 2.00 bits per heavy atom. The molecule has 0 saturated carbocycles. The third kappa shape index (κ3) is 9.67. The van der Waals surface area contributed by atoms with Gasteiger partial charge in [-0.3, -0.25) is 9.59 Å². The minimum absolute atomic E-state index is 0.00132. The molecule has 0 spiro atoms. The fourth-order valence-corrected chi connectivity index (χ4v) is 2.41. The number of halogens is 6. The van der Waals surface area contributed by atoms with Crippen molar-refractivity contribution in [2.75, 3.05) is 6.61 Å². The molecule has 1 N–H and O–H groups in total. The van der Waals surface area contributed by atoms with E-state index >= 15 is 0 Å². The second-order valence-corrected chi connectivity index (χ2v) is 6.47. The quantitative estimate of drug-likeness (QED) is 0.316. The summed E-state index contributed by atoms with van der Waals surface area (Å²) in [6.45, 7) is 1.81. The third-order valence-corrected chi connectivity index (χ3v) is 3.93. The van der Waals surface area contributed by atoms with Crippen LogP contribution in [0.15, 0.2) is 18.2 Å². The van der Waals surface area contributed by atoms with Gasteiger partial charge in [-0.25, -0.2) is 0 Å². The highest BCUT2D eigenvalue weighted by Gasteiger charge is 2.36. The van der Waals surface area contributed by atoms with E-state index in [1.54, 1.807) is 0 Å². The summed E-state index contributed by atoms with van der Waals surface area (Å²) in [6, 6.07) is 1.14. The lowest BCUT2D eigenvalue weighted by Gasteiger charge is -2.14. The van der Waals surface area contributed by atoms with Crippen molar-refractivity contribution in [3.05, 3.63) is 34.9 Å². The summed E-state index contributed by atoms with van der Waals surface area (Å²) < 4.78 is 81.8. The summed E-state index contributed by atoms with van der Waals surface area (Å²) in [6.07, 6.45) is -7.17. The zero-order valence-electron chi connectivity index (χ0n) is 15.9. The maximum atomic E-state index is 12.8. The number of nitrogens with one attached hydrogen (secondary N) is 1. The zero-order chi connectivity index (χ0) is 22.1. The molecule has 0 bridgehead atoms. The summed E-state index contributed by atoms with van der Waals surface area (Å²) in [7, 11) is 0. The number of esters is 1. The Morgan fingerprint density at radius 1 is 0.897 bits per heavy atom. The first-order valence-corrected chi connectivity index (χ1v) is 9.14. The summed E-state index contributed by atoms with van der Waals surface area (Å²) >= 11 is 0. The van der Waals surface area contributed by atoms with E-state index in [2.05, 4.69) is 5.32 Å². The Labute approximate surface area is 164 Å². The van der Waals surface area contributed by atoms with Gasteiger partial charge >= 0.3 is 18.3 Å². The lowest BCUT2D eigenvalue weighted by molar-refractivity contribution is -0.144. The van der Waals surface area contributed by atoms with Crippen LogP contribution in [0.2, 0.25) is 0 Å². The summed E-state index contributed by atoms with van der Waals surface area (Å²) in [5, 5.41) is 2.26. The van der Waals surface area contributed by atoms with Crippen molar-refractivity contribution >= 4 is 11.9 Å². The van der Waals surface area contributed by atoms with E-state index in [9.17, 15) is 35.9 Å². The molecule has 1 aromatic carbocycles. The van der Waals surface area contributed by atoms with Gasteiger partial charge in [0.2, 0.25) is 5.91 Å². The monoisotopic (exact) mass is 427 g/mol. The van der Waals surface area contributed by atoms with Crippen LogP contribution in [-0.2, 0) is 33.2 Å². The van der Waals surface area contributed by atoms with Crippen molar-refractivity contribution in [1.29, 1.82) is 0 Å². The Balaban J connectivity index is 2.53. The number of carbonyl (C=O) groups is 2. The number of hydrogen-bond acceptors (Lipinski definition) is 3. The predicted molar refractivity (Wildman–Crippen MR) is 92.6 cm³/mol. The van der Waals surface area contributed by atoms with Crippen molar-refractivity contribution < 1.29 is 40.7 Å². The van der Waals surface area contributed by atoms with Crippen LogP contribution >= 0.6 is 0 Å². The molecular weight excluding hydrogens is 404 g/mol. The van der Waals surface area contributed by atoms with E-state index in [0.717, 1.165) is 19.3 Å². The average molecular weight is 427 g/mol. The van der Waals surface area contributed by atoms with Crippen molar-refractivity contribution in [2.45, 2.75) is 64.3 Å². The number of unbranched alkanes of at least 4 members (excludes halogenated alkanes) is 2. The van der Waals surface area contributed by atoms with Gasteiger partial charge in [-0.2, -0.15) is 26.3 Å². The number of alkyl halides is 6. The molecule has 1 aromatic rings. The lowest BCUT2D eigenvalue weighted by Crippen LogP contribution is -2.23. The van der Waals surface area contributed by atoms with Crippen LogP contribution in [0.1, 0.15) is 62.1 Å². The fourth-order valence-electron chi connectivity index (χ4n) is 2.41. The second-order valence-electron chi connectivity index (χ2n) is 6.47. The van der Waals surface area contributed by atoms with Gasteiger partial charge in [-0.15, -0.1) is 0 Å². The third-order valence-electron chi connectivity index (χ3n) is 3.93. The molecule has 29 heavy (non-hydrogen) atoms. The topological polar surface area (TPSA) is 55.4 Å². The highest BCUT2D eigenvalue weighted by molar-refractivity contribution is 5.77. The van der Waals surface area contributed by atoms with Gasteiger partial charge in [0.1, 0.15) is 0 Å². The van der Waals surface area contributed by atoms with Gasteiger partial charge in [-0.05, 0) is 36.6 Å². The SMILES string of the molecule is CCCCCOC(=O)CCCC(=O)NCc1cc(C(F)(F)F)cc(C(F)(F)F)c1. The molecule has 0 aliphatic carbocycles. The second kappa shape index (κ2) is 11.1. The van der Waals surface area contributed by atoms with Crippen molar-refractivity contribution in [3.8, 4) is 0 Å². The van der Waals surface area contributed by atoms with Gasteiger partial charge in [0, 0.05) is 19.4 Å².